The monoisotopic (exact) mass is 594 g/mol. The molecule has 0 atom stereocenters. The van der Waals surface area contributed by atoms with Gasteiger partial charge in [0.25, 0.3) is 5.56 Å². The number of nitrogen functional groups attached to an aromatic ring is 1. The maximum atomic E-state index is 13.7. The number of aromatic amines is 1. The molecule has 224 valence electrons. The average Bonchev–Trinajstić information content (AvgIpc) is 3.33. The fourth-order valence-electron chi connectivity index (χ4n) is 5.17. The van der Waals surface area contributed by atoms with Crippen molar-refractivity contribution in [3.8, 4) is 17.1 Å². The van der Waals surface area contributed by atoms with E-state index in [-0.39, 0.29) is 22.8 Å². The Hall–Kier alpha value is -3.81. The molecule has 1 saturated heterocycles. The Morgan fingerprint density at radius 1 is 1.02 bits per heavy atom. The fraction of sp³-hybridized carbons (Fsp3) is 0.448. The first kappa shape index (κ1) is 29.7. The molecule has 0 bridgehead atoms. The van der Waals surface area contributed by atoms with Crippen LogP contribution in [0.2, 0.25) is 0 Å². The molecule has 3 aromatic heterocycles. The summed E-state index contributed by atoms with van der Waals surface area (Å²) in [5, 5.41) is 4.72. The number of hydrogen-bond acceptors (Lipinski definition) is 9. The Kier molecular flexibility index (Phi) is 8.90. The number of pyridine rings is 1. The number of fused-ring (bicyclic) bond motifs is 1. The van der Waals surface area contributed by atoms with Gasteiger partial charge in [-0.15, -0.1) is 0 Å². The summed E-state index contributed by atoms with van der Waals surface area (Å²) in [6, 6.07) is 10.1. The summed E-state index contributed by atoms with van der Waals surface area (Å²) in [5.74, 6) is 1.06. The lowest BCUT2D eigenvalue weighted by molar-refractivity contribution is 0.196. The van der Waals surface area contributed by atoms with E-state index in [0.717, 1.165) is 19.4 Å². The number of nitrogens with one attached hydrogen (secondary N) is 1. The molecule has 1 aromatic carbocycles. The molecule has 12 nitrogen and oxygen atoms in total. The Balaban J connectivity index is 1.60. The second-order valence-electron chi connectivity index (χ2n) is 10.4. The highest BCUT2D eigenvalue weighted by atomic mass is 32.2. The molecule has 4 aromatic rings. The van der Waals surface area contributed by atoms with Gasteiger partial charge in [0.15, 0.2) is 5.52 Å². The molecular formula is C29H38N8O4S. The number of benzene rings is 1. The number of ether oxygens (including phenoxy) is 1. The van der Waals surface area contributed by atoms with Gasteiger partial charge in [-0.3, -0.25) is 9.48 Å². The predicted molar refractivity (Wildman–Crippen MR) is 162 cm³/mol. The Labute approximate surface area is 245 Å². The average molecular weight is 595 g/mol. The first-order valence-corrected chi connectivity index (χ1v) is 15.9. The van der Waals surface area contributed by atoms with Crippen LogP contribution in [0.25, 0.3) is 22.4 Å². The van der Waals surface area contributed by atoms with Crippen molar-refractivity contribution in [1.29, 1.82) is 0 Å². The molecule has 0 spiro atoms. The number of nitrogens with two attached hydrogens (primary N) is 1. The van der Waals surface area contributed by atoms with E-state index in [2.05, 4.69) is 21.8 Å². The van der Waals surface area contributed by atoms with E-state index in [1.165, 1.54) is 4.31 Å². The molecule has 5 rings (SSSR count). The van der Waals surface area contributed by atoms with E-state index >= 15 is 0 Å². The zero-order chi connectivity index (χ0) is 29.9. The van der Waals surface area contributed by atoms with Crippen LogP contribution in [-0.2, 0) is 23.0 Å². The standard InChI is InChI=1S/C29H38N8O4S/c1-4-8-23-26-27(37(34-23)19-20-9-7-10-25(30)31-20)29(38)33-28(32-26)22-18-21(11-12-24(22)41-17-5-2)42(39,40)36-15-13-35(6-3)14-16-36/h7,9-12,18H,4-6,8,13-17,19H2,1-3H3,(H2,30,31)(H,32,33,38). The van der Waals surface area contributed by atoms with Crippen molar-refractivity contribution >= 4 is 26.9 Å². The normalized spacial score (nSPS) is 14.9. The molecular weight excluding hydrogens is 556 g/mol. The number of anilines is 1. The molecule has 1 aliphatic rings. The minimum Gasteiger partial charge on any atom is -0.493 e. The highest BCUT2D eigenvalue weighted by molar-refractivity contribution is 7.89. The summed E-state index contributed by atoms with van der Waals surface area (Å²) in [4.78, 5) is 28.0. The van der Waals surface area contributed by atoms with Gasteiger partial charge in [-0.2, -0.15) is 9.40 Å². The number of hydrogen-bond donors (Lipinski definition) is 2. The van der Waals surface area contributed by atoms with E-state index in [1.807, 2.05) is 19.9 Å². The lowest BCUT2D eigenvalue weighted by Gasteiger charge is -2.33. The maximum Gasteiger partial charge on any atom is 0.277 e. The van der Waals surface area contributed by atoms with Crippen molar-refractivity contribution in [3.05, 3.63) is 58.1 Å². The van der Waals surface area contributed by atoms with Crippen molar-refractivity contribution in [3.63, 3.8) is 0 Å². The third kappa shape index (κ3) is 6.03. The van der Waals surface area contributed by atoms with Gasteiger partial charge in [0.1, 0.15) is 22.9 Å². The number of H-pyrrole nitrogens is 1. The largest absolute Gasteiger partial charge is 0.493 e. The van der Waals surface area contributed by atoms with Crippen LogP contribution in [0.15, 0.2) is 46.1 Å². The molecule has 0 aliphatic carbocycles. The van der Waals surface area contributed by atoms with E-state index < -0.39 is 10.0 Å². The predicted octanol–water partition coefficient (Wildman–Crippen LogP) is 2.88. The summed E-state index contributed by atoms with van der Waals surface area (Å²) in [6.45, 7) is 9.85. The smallest absolute Gasteiger partial charge is 0.277 e. The van der Waals surface area contributed by atoms with E-state index in [0.29, 0.717) is 78.8 Å². The molecule has 13 heteroatoms. The molecule has 0 unspecified atom stereocenters. The van der Waals surface area contributed by atoms with Crippen LogP contribution in [-0.4, -0.2) is 81.7 Å². The third-order valence-corrected chi connectivity index (χ3v) is 9.27. The van der Waals surface area contributed by atoms with Crippen LogP contribution in [0.1, 0.15) is 45.0 Å². The minimum atomic E-state index is -3.77. The first-order chi connectivity index (χ1) is 20.2. The Morgan fingerprint density at radius 3 is 2.50 bits per heavy atom. The van der Waals surface area contributed by atoms with Gasteiger partial charge in [0.05, 0.1) is 35.0 Å². The summed E-state index contributed by atoms with van der Waals surface area (Å²) in [6.07, 6.45) is 2.17. The molecule has 1 fully saturated rings. The number of rotatable bonds is 11. The Morgan fingerprint density at radius 2 is 1.81 bits per heavy atom. The first-order valence-electron chi connectivity index (χ1n) is 14.5. The molecule has 0 radical (unpaired) electrons. The number of aryl methyl sites for hydroxylation is 1. The van der Waals surface area contributed by atoms with Crippen LogP contribution in [0.4, 0.5) is 5.82 Å². The summed E-state index contributed by atoms with van der Waals surface area (Å²) in [7, 11) is -3.77. The van der Waals surface area contributed by atoms with Crippen LogP contribution >= 0.6 is 0 Å². The summed E-state index contributed by atoms with van der Waals surface area (Å²) in [5.41, 5.74) is 8.01. The molecule has 0 saturated carbocycles. The highest BCUT2D eigenvalue weighted by Crippen LogP contribution is 2.32. The molecule has 3 N–H and O–H groups in total. The van der Waals surface area contributed by atoms with Gasteiger partial charge >= 0.3 is 0 Å². The van der Waals surface area contributed by atoms with Crippen molar-refractivity contribution in [2.75, 3.05) is 45.1 Å². The zero-order valence-electron chi connectivity index (χ0n) is 24.3. The molecule has 0 amide bonds. The maximum absolute atomic E-state index is 13.7. The quantitative estimate of drug-likeness (QED) is 0.267. The van der Waals surface area contributed by atoms with Crippen LogP contribution in [0.3, 0.4) is 0 Å². The second-order valence-corrected chi connectivity index (χ2v) is 12.3. The van der Waals surface area contributed by atoms with E-state index in [1.54, 1.807) is 35.0 Å². The topological polar surface area (TPSA) is 152 Å². The Bertz CT molecular complexity index is 1730. The lowest BCUT2D eigenvalue weighted by atomic mass is 10.1. The van der Waals surface area contributed by atoms with Gasteiger partial charge in [-0.05, 0) is 49.7 Å². The second kappa shape index (κ2) is 12.6. The van der Waals surface area contributed by atoms with Gasteiger partial charge in [0, 0.05) is 26.2 Å². The fourth-order valence-corrected chi connectivity index (χ4v) is 6.61. The van der Waals surface area contributed by atoms with Gasteiger partial charge in [-0.25, -0.2) is 18.4 Å². The minimum absolute atomic E-state index is 0.131. The number of sulfonamides is 1. The van der Waals surface area contributed by atoms with Gasteiger partial charge < -0.3 is 20.4 Å². The number of nitrogens with zero attached hydrogens (tertiary/aromatic N) is 6. The third-order valence-electron chi connectivity index (χ3n) is 7.38. The highest BCUT2D eigenvalue weighted by Gasteiger charge is 2.29. The van der Waals surface area contributed by atoms with E-state index in [9.17, 15) is 13.2 Å². The van der Waals surface area contributed by atoms with Gasteiger partial charge in [-0.1, -0.05) is 33.3 Å². The number of likely N-dealkylation sites (N-methyl/N-ethyl adjacent to an activating group) is 1. The molecule has 42 heavy (non-hydrogen) atoms. The van der Waals surface area contributed by atoms with Crippen LogP contribution in [0.5, 0.6) is 5.75 Å². The van der Waals surface area contributed by atoms with Gasteiger partial charge in [0.2, 0.25) is 10.0 Å². The molecule has 4 heterocycles. The lowest BCUT2D eigenvalue weighted by Crippen LogP contribution is -2.48. The van der Waals surface area contributed by atoms with Crippen molar-refractivity contribution in [2.45, 2.75) is 51.5 Å². The summed E-state index contributed by atoms with van der Waals surface area (Å²) >= 11 is 0. The van der Waals surface area contributed by atoms with Crippen molar-refractivity contribution in [1.82, 2.24) is 33.9 Å². The number of piperazine rings is 1. The van der Waals surface area contributed by atoms with E-state index in [4.69, 9.17) is 20.6 Å². The number of aromatic nitrogens is 5. The van der Waals surface area contributed by atoms with Crippen LogP contribution in [0, 0.1) is 0 Å². The zero-order valence-corrected chi connectivity index (χ0v) is 25.2. The molecule has 1 aliphatic heterocycles. The van der Waals surface area contributed by atoms with Crippen molar-refractivity contribution < 1.29 is 13.2 Å². The van der Waals surface area contributed by atoms with Crippen LogP contribution < -0.4 is 16.0 Å². The van der Waals surface area contributed by atoms with Crippen molar-refractivity contribution in [2.24, 2.45) is 0 Å². The SMILES string of the molecule is CCCOc1ccc(S(=O)(=O)N2CCN(CC)CC2)cc1-c1nc2c(CCC)nn(Cc3cccc(N)n3)c2c(=O)[nH]1. The summed E-state index contributed by atoms with van der Waals surface area (Å²) < 4.78 is 36.4.